The Balaban J connectivity index is 2.47. The molecule has 2 rings (SSSR count). The van der Waals surface area contributed by atoms with Crippen LogP contribution in [0.2, 0.25) is 0 Å². The van der Waals surface area contributed by atoms with Crippen LogP contribution in [0.15, 0.2) is 36.5 Å². The zero-order valence-corrected chi connectivity index (χ0v) is 10.0. The lowest BCUT2D eigenvalue weighted by Gasteiger charge is -2.13. The summed E-state index contributed by atoms with van der Waals surface area (Å²) in [6.07, 6.45) is -3.31. The third-order valence-electron chi connectivity index (χ3n) is 2.54. The molecule has 19 heavy (non-hydrogen) atoms. The van der Waals surface area contributed by atoms with Crippen LogP contribution in [0.3, 0.4) is 0 Å². The van der Waals surface area contributed by atoms with Gasteiger partial charge in [0, 0.05) is 17.3 Å². The maximum absolute atomic E-state index is 12.3. The SMILES string of the molecule is Cc1cc(-c2ccccc2OC(F)(F)F)cnc1N. The van der Waals surface area contributed by atoms with Crippen LogP contribution in [0, 0.1) is 6.92 Å². The summed E-state index contributed by atoms with van der Waals surface area (Å²) in [5.41, 5.74) is 7.11. The van der Waals surface area contributed by atoms with Crippen molar-refractivity contribution in [1.82, 2.24) is 4.98 Å². The third-order valence-corrected chi connectivity index (χ3v) is 2.54. The van der Waals surface area contributed by atoms with Gasteiger partial charge >= 0.3 is 6.36 Å². The van der Waals surface area contributed by atoms with Crippen molar-refractivity contribution in [2.45, 2.75) is 13.3 Å². The van der Waals surface area contributed by atoms with E-state index < -0.39 is 6.36 Å². The molecule has 0 aliphatic carbocycles. The van der Waals surface area contributed by atoms with Crippen molar-refractivity contribution in [3.63, 3.8) is 0 Å². The van der Waals surface area contributed by atoms with E-state index in [9.17, 15) is 13.2 Å². The maximum atomic E-state index is 12.3. The van der Waals surface area contributed by atoms with Crippen molar-refractivity contribution < 1.29 is 17.9 Å². The van der Waals surface area contributed by atoms with Gasteiger partial charge < -0.3 is 10.5 Å². The van der Waals surface area contributed by atoms with E-state index in [0.717, 1.165) is 0 Å². The summed E-state index contributed by atoms with van der Waals surface area (Å²) in [6.45, 7) is 1.74. The number of para-hydroxylation sites is 1. The van der Waals surface area contributed by atoms with Crippen molar-refractivity contribution >= 4 is 5.82 Å². The molecule has 0 aliphatic heterocycles. The molecule has 2 N–H and O–H groups in total. The number of pyridine rings is 1. The summed E-state index contributed by atoms with van der Waals surface area (Å²) in [7, 11) is 0. The van der Waals surface area contributed by atoms with E-state index in [-0.39, 0.29) is 5.75 Å². The molecule has 1 aromatic heterocycles. The number of nitrogen functional groups attached to an aromatic ring is 1. The highest BCUT2D eigenvalue weighted by molar-refractivity contribution is 5.71. The normalized spacial score (nSPS) is 11.4. The fraction of sp³-hybridized carbons (Fsp3) is 0.154. The maximum Gasteiger partial charge on any atom is 0.573 e. The first-order valence-corrected chi connectivity index (χ1v) is 5.44. The Morgan fingerprint density at radius 3 is 2.53 bits per heavy atom. The second-order valence-corrected chi connectivity index (χ2v) is 3.97. The van der Waals surface area contributed by atoms with Crippen LogP contribution in [-0.2, 0) is 0 Å². The average Bonchev–Trinajstić information content (AvgIpc) is 2.31. The van der Waals surface area contributed by atoms with Gasteiger partial charge in [-0.15, -0.1) is 13.2 Å². The molecule has 1 heterocycles. The Labute approximate surface area is 107 Å². The highest BCUT2D eigenvalue weighted by Crippen LogP contribution is 2.34. The molecule has 0 saturated carbocycles. The fourth-order valence-corrected chi connectivity index (χ4v) is 1.65. The zero-order chi connectivity index (χ0) is 14.0. The Morgan fingerprint density at radius 1 is 1.21 bits per heavy atom. The van der Waals surface area contributed by atoms with Gasteiger partial charge in [-0.3, -0.25) is 0 Å². The van der Waals surface area contributed by atoms with Gasteiger partial charge in [0.1, 0.15) is 11.6 Å². The van der Waals surface area contributed by atoms with E-state index in [1.165, 1.54) is 24.4 Å². The highest BCUT2D eigenvalue weighted by atomic mass is 19.4. The smallest absolute Gasteiger partial charge is 0.405 e. The first kappa shape index (κ1) is 13.2. The molecule has 0 amide bonds. The monoisotopic (exact) mass is 268 g/mol. The molecule has 0 bridgehead atoms. The number of hydrogen-bond donors (Lipinski definition) is 1. The van der Waals surface area contributed by atoms with Gasteiger partial charge in [-0.05, 0) is 24.6 Å². The predicted molar refractivity (Wildman–Crippen MR) is 65.5 cm³/mol. The van der Waals surface area contributed by atoms with E-state index in [0.29, 0.717) is 22.5 Å². The molecule has 0 saturated heterocycles. The summed E-state index contributed by atoms with van der Waals surface area (Å²) >= 11 is 0. The van der Waals surface area contributed by atoms with Crippen LogP contribution in [0.4, 0.5) is 19.0 Å². The average molecular weight is 268 g/mol. The fourth-order valence-electron chi connectivity index (χ4n) is 1.65. The number of aromatic nitrogens is 1. The standard InChI is InChI=1S/C13H11F3N2O/c1-8-6-9(7-18-12(8)17)10-4-2-3-5-11(10)19-13(14,15)16/h2-7H,1H3,(H2,17,18). The van der Waals surface area contributed by atoms with Crippen LogP contribution in [0.5, 0.6) is 5.75 Å². The van der Waals surface area contributed by atoms with E-state index in [1.807, 2.05) is 0 Å². The summed E-state index contributed by atoms with van der Waals surface area (Å²) in [6, 6.07) is 7.57. The first-order valence-electron chi connectivity index (χ1n) is 5.44. The molecule has 0 spiro atoms. The van der Waals surface area contributed by atoms with Crippen LogP contribution < -0.4 is 10.5 Å². The van der Waals surface area contributed by atoms with Crippen molar-refractivity contribution in [2.75, 3.05) is 5.73 Å². The lowest BCUT2D eigenvalue weighted by atomic mass is 10.1. The second-order valence-electron chi connectivity index (χ2n) is 3.97. The van der Waals surface area contributed by atoms with Crippen molar-refractivity contribution in [2.24, 2.45) is 0 Å². The lowest BCUT2D eigenvalue weighted by Crippen LogP contribution is -2.17. The topological polar surface area (TPSA) is 48.1 Å². The number of benzene rings is 1. The number of hydrogen-bond acceptors (Lipinski definition) is 3. The second kappa shape index (κ2) is 4.79. The molecular formula is C13H11F3N2O. The summed E-state index contributed by atoms with van der Waals surface area (Å²) in [4.78, 5) is 3.93. The minimum absolute atomic E-state index is 0.263. The molecule has 0 fully saturated rings. The van der Waals surface area contributed by atoms with Crippen LogP contribution in [0.1, 0.15) is 5.56 Å². The summed E-state index contributed by atoms with van der Waals surface area (Å²) in [5, 5.41) is 0. The third kappa shape index (κ3) is 3.15. The number of nitrogens with zero attached hydrogens (tertiary/aromatic N) is 1. The largest absolute Gasteiger partial charge is 0.573 e. The number of nitrogens with two attached hydrogens (primary N) is 1. The van der Waals surface area contributed by atoms with Gasteiger partial charge in [-0.2, -0.15) is 0 Å². The minimum Gasteiger partial charge on any atom is -0.405 e. The quantitative estimate of drug-likeness (QED) is 0.906. The number of ether oxygens (including phenoxy) is 1. The van der Waals surface area contributed by atoms with Gasteiger partial charge in [-0.25, -0.2) is 4.98 Å². The van der Waals surface area contributed by atoms with Gasteiger partial charge in [0.25, 0.3) is 0 Å². The van der Waals surface area contributed by atoms with E-state index in [4.69, 9.17) is 5.73 Å². The number of halogens is 3. The molecule has 0 aliphatic rings. The van der Waals surface area contributed by atoms with Gasteiger partial charge in [0.15, 0.2) is 0 Å². The molecule has 0 unspecified atom stereocenters. The molecule has 3 nitrogen and oxygen atoms in total. The Kier molecular flexibility index (Phi) is 3.33. The minimum atomic E-state index is -4.73. The van der Waals surface area contributed by atoms with E-state index >= 15 is 0 Å². The summed E-state index contributed by atoms with van der Waals surface area (Å²) in [5.74, 6) is 0.0824. The van der Waals surface area contributed by atoms with E-state index in [1.54, 1.807) is 19.1 Å². The van der Waals surface area contributed by atoms with Gasteiger partial charge in [0.2, 0.25) is 0 Å². The lowest BCUT2D eigenvalue weighted by molar-refractivity contribution is -0.274. The molecule has 0 radical (unpaired) electrons. The Hall–Kier alpha value is -2.24. The van der Waals surface area contributed by atoms with E-state index in [2.05, 4.69) is 9.72 Å². The van der Waals surface area contributed by atoms with Crippen molar-refractivity contribution in [3.8, 4) is 16.9 Å². The number of anilines is 1. The summed E-state index contributed by atoms with van der Waals surface area (Å²) < 4.78 is 41.0. The number of alkyl halides is 3. The van der Waals surface area contributed by atoms with Crippen molar-refractivity contribution in [3.05, 3.63) is 42.1 Å². The Bertz CT molecular complexity index is 597. The zero-order valence-electron chi connectivity index (χ0n) is 10.0. The van der Waals surface area contributed by atoms with Gasteiger partial charge in [0.05, 0.1) is 0 Å². The van der Waals surface area contributed by atoms with Crippen molar-refractivity contribution in [1.29, 1.82) is 0 Å². The van der Waals surface area contributed by atoms with Crippen LogP contribution >= 0.6 is 0 Å². The molecule has 6 heteroatoms. The molecule has 100 valence electrons. The highest BCUT2D eigenvalue weighted by Gasteiger charge is 2.32. The Morgan fingerprint density at radius 2 is 1.89 bits per heavy atom. The molecule has 1 aromatic carbocycles. The predicted octanol–water partition coefficient (Wildman–Crippen LogP) is 3.54. The number of rotatable bonds is 2. The van der Waals surface area contributed by atoms with Crippen LogP contribution in [0.25, 0.3) is 11.1 Å². The molecule has 2 aromatic rings. The van der Waals surface area contributed by atoms with Crippen LogP contribution in [-0.4, -0.2) is 11.3 Å². The van der Waals surface area contributed by atoms with Gasteiger partial charge in [-0.1, -0.05) is 18.2 Å². The number of aryl methyl sites for hydroxylation is 1. The first-order chi connectivity index (χ1) is 8.87. The molecular weight excluding hydrogens is 257 g/mol. The molecule has 0 atom stereocenters.